The maximum atomic E-state index is 11.1. The highest BCUT2D eigenvalue weighted by Gasteiger charge is 2.06. The lowest BCUT2D eigenvalue weighted by atomic mass is 10.4. The highest BCUT2D eigenvalue weighted by atomic mass is 16.2. The Kier molecular flexibility index (Phi) is 5.37. The fourth-order valence-electron chi connectivity index (χ4n) is 0.874. The lowest BCUT2D eigenvalue weighted by Crippen LogP contribution is -2.35. The Morgan fingerprint density at radius 3 is 2.33 bits per heavy atom. The van der Waals surface area contributed by atoms with Crippen LogP contribution in [0, 0.1) is 0 Å². The molecule has 0 atom stereocenters. The van der Waals surface area contributed by atoms with Gasteiger partial charge in [-0.15, -0.1) is 0 Å². The van der Waals surface area contributed by atoms with Gasteiger partial charge in [-0.05, 0) is 27.1 Å². The molecule has 0 rings (SSSR count). The first-order valence-electron chi connectivity index (χ1n) is 4.17. The first kappa shape index (κ1) is 11.2. The average Bonchev–Trinajstić information content (AvgIpc) is 2.04. The zero-order valence-corrected chi connectivity index (χ0v) is 8.21. The van der Waals surface area contributed by atoms with Crippen molar-refractivity contribution in [3.8, 4) is 0 Å². The molecule has 0 aliphatic carbocycles. The first-order chi connectivity index (χ1) is 5.61. The fourth-order valence-corrected chi connectivity index (χ4v) is 0.874. The molecule has 0 aliphatic heterocycles. The van der Waals surface area contributed by atoms with Crippen LogP contribution in [0.25, 0.3) is 0 Å². The van der Waals surface area contributed by atoms with Crippen LogP contribution in [0.15, 0.2) is 12.7 Å². The van der Waals surface area contributed by atoms with Crippen molar-refractivity contribution in [1.29, 1.82) is 0 Å². The summed E-state index contributed by atoms with van der Waals surface area (Å²) in [4.78, 5) is 15.0. The predicted octanol–water partition coefficient (Wildman–Crippen LogP) is 0.583. The monoisotopic (exact) mass is 170 g/mol. The smallest absolute Gasteiger partial charge is 0.245 e. The van der Waals surface area contributed by atoms with Gasteiger partial charge in [-0.2, -0.15) is 0 Å². The summed E-state index contributed by atoms with van der Waals surface area (Å²) in [6.45, 7) is 7.84. The Hall–Kier alpha value is -0.830. The van der Waals surface area contributed by atoms with Crippen molar-refractivity contribution in [3.63, 3.8) is 0 Å². The van der Waals surface area contributed by atoms with Gasteiger partial charge in [0.05, 0.1) is 0 Å². The third-order valence-corrected chi connectivity index (χ3v) is 1.69. The second kappa shape index (κ2) is 5.77. The summed E-state index contributed by atoms with van der Waals surface area (Å²) in [5.74, 6) is 0.0133. The van der Waals surface area contributed by atoms with Crippen LogP contribution in [0.4, 0.5) is 0 Å². The molecule has 70 valence electrons. The second-order valence-corrected chi connectivity index (χ2v) is 2.93. The van der Waals surface area contributed by atoms with Crippen molar-refractivity contribution in [2.24, 2.45) is 0 Å². The predicted molar refractivity (Wildman–Crippen MR) is 51.0 cm³/mol. The van der Waals surface area contributed by atoms with Crippen molar-refractivity contribution < 1.29 is 4.79 Å². The Morgan fingerprint density at radius 2 is 2.00 bits per heavy atom. The Bertz CT molecular complexity index is 155. The zero-order chi connectivity index (χ0) is 9.56. The Labute approximate surface area is 74.7 Å². The van der Waals surface area contributed by atoms with E-state index in [1.54, 1.807) is 4.90 Å². The average molecular weight is 170 g/mol. The maximum Gasteiger partial charge on any atom is 0.245 e. The topological polar surface area (TPSA) is 23.6 Å². The Morgan fingerprint density at radius 1 is 1.42 bits per heavy atom. The SMILES string of the molecule is C=CC(=O)N(CC)CCN(C)C. The van der Waals surface area contributed by atoms with Gasteiger partial charge in [0.15, 0.2) is 0 Å². The zero-order valence-electron chi connectivity index (χ0n) is 8.21. The van der Waals surface area contributed by atoms with E-state index >= 15 is 0 Å². The molecule has 0 radical (unpaired) electrons. The number of likely N-dealkylation sites (N-methyl/N-ethyl adjacent to an activating group) is 2. The van der Waals surface area contributed by atoms with Gasteiger partial charge in [-0.3, -0.25) is 4.79 Å². The lowest BCUT2D eigenvalue weighted by Gasteiger charge is -2.21. The third kappa shape index (κ3) is 4.13. The largest absolute Gasteiger partial charge is 0.338 e. The molecule has 0 unspecified atom stereocenters. The molecule has 3 nitrogen and oxygen atoms in total. The van der Waals surface area contributed by atoms with Gasteiger partial charge < -0.3 is 9.80 Å². The van der Waals surface area contributed by atoms with E-state index in [4.69, 9.17) is 0 Å². The minimum Gasteiger partial charge on any atom is -0.338 e. The molecule has 0 aromatic rings. The minimum absolute atomic E-state index is 0.0133. The highest BCUT2D eigenvalue weighted by Crippen LogP contribution is 1.90. The summed E-state index contributed by atoms with van der Waals surface area (Å²) in [5, 5.41) is 0. The van der Waals surface area contributed by atoms with Crippen molar-refractivity contribution in [1.82, 2.24) is 9.80 Å². The molecule has 0 N–H and O–H groups in total. The van der Waals surface area contributed by atoms with Gasteiger partial charge >= 0.3 is 0 Å². The number of nitrogens with zero attached hydrogens (tertiary/aromatic N) is 2. The molecule has 0 aromatic heterocycles. The van der Waals surface area contributed by atoms with E-state index in [0.29, 0.717) is 0 Å². The van der Waals surface area contributed by atoms with Crippen molar-refractivity contribution >= 4 is 5.91 Å². The van der Waals surface area contributed by atoms with Crippen LogP contribution in [0.5, 0.6) is 0 Å². The highest BCUT2D eigenvalue weighted by molar-refractivity contribution is 5.86. The number of rotatable bonds is 5. The molecule has 0 saturated carbocycles. The molecule has 3 heteroatoms. The van der Waals surface area contributed by atoms with E-state index in [2.05, 4.69) is 11.5 Å². The number of hydrogen-bond donors (Lipinski definition) is 0. The van der Waals surface area contributed by atoms with E-state index in [1.807, 2.05) is 21.0 Å². The van der Waals surface area contributed by atoms with Crippen molar-refractivity contribution in [3.05, 3.63) is 12.7 Å². The molecule has 0 fully saturated rings. The fraction of sp³-hybridized carbons (Fsp3) is 0.667. The first-order valence-corrected chi connectivity index (χ1v) is 4.17. The van der Waals surface area contributed by atoms with E-state index in [9.17, 15) is 4.79 Å². The standard InChI is InChI=1S/C9H18N2O/c1-5-9(12)11(6-2)8-7-10(3)4/h5H,1,6-8H2,2-4H3. The van der Waals surface area contributed by atoms with Crippen LogP contribution < -0.4 is 0 Å². The molecule has 0 spiro atoms. The van der Waals surface area contributed by atoms with Crippen molar-refractivity contribution in [2.45, 2.75) is 6.92 Å². The maximum absolute atomic E-state index is 11.1. The molecule has 12 heavy (non-hydrogen) atoms. The van der Waals surface area contributed by atoms with Gasteiger partial charge in [0.2, 0.25) is 5.91 Å². The molecular weight excluding hydrogens is 152 g/mol. The van der Waals surface area contributed by atoms with Gasteiger partial charge in [0.25, 0.3) is 0 Å². The van der Waals surface area contributed by atoms with E-state index in [-0.39, 0.29) is 5.91 Å². The summed E-state index contributed by atoms with van der Waals surface area (Å²) in [6.07, 6.45) is 1.36. The van der Waals surface area contributed by atoms with Crippen LogP contribution >= 0.6 is 0 Å². The van der Waals surface area contributed by atoms with Crippen LogP contribution in [-0.4, -0.2) is 49.4 Å². The number of carbonyl (C=O) groups excluding carboxylic acids is 1. The molecule has 0 heterocycles. The van der Waals surface area contributed by atoms with Gasteiger partial charge in [-0.1, -0.05) is 6.58 Å². The van der Waals surface area contributed by atoms with E-state index < -0.39 is 0 Å². The Balaban J connectivity index is 3.83. The lowest BCUT2D eigenvalue weighted by molar-refractivity contribution is -0.125. The van der Waals surface area contributed by atoms with Crippen LogP contribution in [-0.2, 0) is 4.79 Å². The van der Waals surface area contributed by atoms with Crippen LogP contribution in [0.3, 0.4) is 0 Å². The van der Waals surface area contributed by atoms with Gasteiger partial charge in [0.1, 0.15) is 0 Å². The summed E-state index contributed by atoms with van der Waals surface area (Å²) in [7, 11) is 3.98. The summed E-state index contributed by atoms with van der Waals surface area (Å²) in [5.41, 5.74) is 0. The summed E-state index contributed by atoms with van der Waals surface area (Å²) < 4.78 is 0. The summed E-state index contributed by atoms with van der Waals surface area (Å²) in [6, 6.07) is 0. The molecule has 0 aliphatic rings. The molecule has 1 amide bonds. The van der Waals surface area contributed by atoms with Crippen LogP contribution in [0.2, 0.25) is 0 Å². The number of hydrogen-bond acceptors (Lipinski definition) is 2. The summed E-state index contributed by atoms with van der Waals surface area (Å²) >= 11 is 0. The van der Waals surface area contributed by atoms with Crippen molar-refractivity contribution in [2.75, 3.05) is 33.7 Å². The van der Waals surface area contributed by atoms with Gasteiger partial charge in [0, 0.05) is 19.6 Å². The number of carbonyl (C=O) groups is 1. The van der Waals surface area contributed by atoms with E-state index in [1.165, 1.54) is 6.08 Å². The third-order valence-electron chi connectivity index (χ3n) is 1.69. The van der Waals surface area contributed by atoms with Gasteiger partial charge in [-0.25, -0.2) is 0 Å². The minimum atomic E-state index is 0.0133. The molecule has 0 saturated heterocycles. The molecule has 0 bridgehead atoms. The molecule has 0 aromatic carbocycles. The molecular formula is C9H18N2O. The van der Waals surface area contributed by atoms with E-state index in [0.717, 1.165) is 19.6 Å². The normalized spacial score (nSPS) is 10.0. The second-order valence-electron chi connectivity index (χ2n) is 2.93. The van der Waals surface area contributed by atoms with Crippen LogP contribution in [0.1, 0.15) is 6.92 Å². The quantitative estimate of drug-likeness (QED) is 0.564. The number of amides is 1.